The summed E-state index contributed by atoms with van der Waals surface area (Å²) in [5, 5.41) is 16.0. The van der Waals surface area contributed by atoms with Crippen LogP contribution in [0.25, 0.3) is 0 Å². The van der Waals surface area contributed by atoms with Gasteiger partial charge in [-0.1, -0.05) is 29.8 Å². The van der Waals surface area contributed by atoms with Gasteiger partial charge in [-0.2, -0.15) is 0 Å². The van der Waals surface area contributed by atoms with Crippen molar-refractivity contribution in [2.75, 3.05) is 10.6 Å². The molecule has 27 heavy (non-hydrogen) atoms. The van der Waals surface area contributed by atoms with E-state index in [1.165, 1.54) is 18.2 Å². The van der Waals surface area contributed by atoms with Crippen LogP contribution < -0.4 is 15.4 Å². The molecule has 0 heterocycles. The molecule has 7 nitrogen and oxygen atoms in total. The molecular weight excluding hydrogens is 370 g/mol. The van der Waals surface area contributed by atoms with E-state index in [-0.39, 0.29) is 16.4 Å². The Morgan fingerprint density at radius 3 is 2.22 bits per heavy atom. The van der Waals surface area contributed by atoms with Crippen molar-refractivity contribution in [1.82, 2.24) is 0 Å². The van der Waals surface area contributed by atoms with E-state index in [2.05, 4.69) is 10.6 Å². The summed E-state index contributed by atoms with van der Waals surface area (Å²) in [6.45, 7) is 0. The number of nitro benzene ring substituents is 1. The van der Waals surface area contributed by atoms with Crippen molar-refractivity contribution in [3.63, 3.8) is 0 Å². The zero-order valence-corrected chi connectivity index (χ0v) is 14.6. The Labute approximate surface area is 159 Å². The third-order valence-electron chi connectivity index (χ3n) is 3.50. The van der Waals surface area contributed by atoms with Gasteiger partial charge in [0, 0.05) is 17.8 Å². The lowest BCUT2D eigenvalue weighted by molar-refractivity contribution is -0.384. The molecule has 0 saturated carbocycles. The van der Waals surface area contributed by atoms with Crippen LogP contribution >= 0.6 is 11.6 Å². The molecule has 0 bridgehead atoms. The second kappa shape index (κ2) is 8.20. The van der Waals surface area contributed by atoms with E-state index in [1.54, 1.807) is 24.3 Å². The number of rotatable bonds is 5. The van der Waals surface area contributed by atoms with Crippen molar-refractivity contribution in [2.24, 2.45) is 0 Å². The van der Waals surface area contributed by atoms with Crippen LogP contribution in [0.3, 0.4) is 0 Å². The molecule has 0 aliphatic carbocycles. The van der Waals surface area contributed by atoms with Crippen molar-refractivity contribution in [1.29, 1.82) is 0 Å². The topological polar surface area (TPSA) is 93.5 Å². The Kier molecular flexibility index (Phi) is 5.53. The molecule has 3 aromatic carbocycles. The monoisotopic (exact) mass is 383 g/mol. The van der Waals surface area contributed by atoms with Crippen LogP contribution in [0.4, 0.5) is 21.9 Å². The Hall–Kier alpha value is -3.58. The number of carbonyl (C=O) groups excluding carboxylic acids is 1. The van der Waals surface area contributed by atoms with E-state index < -0.39 is 11.0 Å². The number of hydrogen-bond donors (Lipinski definition) is 2. The Balaban J connectivity index is 1.60. The van der Waals surface area contributed by atoms with Crippen LogP contribution in [0.1, 0.15) is 0 Å². The summed E-state index contributed by atoms with van der Waals surface area (Å²) in [4.78, 5) is 22.2. The minimum absolute atomic E-state index is 0.0750. The minimum Gasteiger partial charge on any atom is -0.457 e. The van der Waals surface area contributed by atoms with Crippen LogP contribution in [0.15, 0.2) is 72.8 Å². The highest BCUT2D eigenvalue weighted by Crippen LogP contribution is 2.27. The van der Waals surface area contributed by atoms with Crippen molar-refractivity contribution >= 4 is 34.7 Å². The number of amides is 2. The van der Waals surface area contributed by atoms with Gasteiger partial charge in [0.1, 0.15) is 11.5 Å². The molecule has 3 aromatic rings. The number of ether oxygens (including phenoxy) is 1. The molecule has 2 amide bonds. The van der Waals surface area contributed by atoms with Gasteiger partial charge in [-0.3, -0.25) is 10.1 Å². The van der Waals surface area contributed by atoms with E-state index in [4.69, 9.17) is 16.3 Å². The summed E-state index contributed by atoms with van der Waals surface area (Å²) in [5.74, 6) is 1.34. The van der Waals surface area contributed by atoms with Crippen molar-refractivity contribution in [3.8, 4) is 11.5 Å². The van der Waals surface area contributed by atoms with Gasteiger partial charge in [-0.05, 0) is 42.5 Å². The number of urea groups is 1. The predicted octanol–water partition coefficient (Wildman–Crippen LogP) is 5.68. The molecule has 0 unspecified atom stereocenters. The number of nitrogens with zero attached hydrogens (tertiary/aromatic N) is 1. The Bertz CT molecular complexity index is 962. The van der Waals surface area contributed by atoms with Gasteiger partial charge in [0.2, 0.25) is 0 Å². The lowest BCUT2D eigenvalue weighted by atomic mass is 10.3. The molecule has 0 aliphatic heterocycles. The van der Waals surface area contributed by atoms with Crippen LogP contribution in [-0.2, 0) is 0 Å². The van der Waals surface area contributed by atoms with E-state index in [9.17, 15) is 14.9 Å². The van der Waals surface area contributed by atoms with Crippen LogP contribution in [-0.4, -0.2) is 11.0 Å². The van der Waals surface area contributed by atoms with E-state index in [0.29, 0.717) is 17.2 Å². The summed E-state index contributed by atoms with van der Waals surface area (Å²) >= 11 is 5.95. The highest BCUT2D eigenvalue weighted by molar-refractivity contribution is 6.34. The molecule has 0 atom stereocenters. The van der Waals surface area contributed by atoms with Gasteiger partial charge < -0.3 is 15.4 Å². The molecule has 0 fully saturated rings. The average molecular weight is 384 g/mol. The maximum atomic E-state index is 12.1. The van der Waals surface area contributed by atoms with Gasteiger partial charge in [0.15, 0.2) is 0 Å². The van der Waals surface area contributed by atoms with Crippen molar-refractivity contribution < 1.29 is 14.5 Å². The highest BCUT2D eigenvalue weighted by atomic mass is 35.5. The van der Waals surface area contributed by atoms with Crippen molar-refractivity contribution in [3.05, 3.63) is 87.9 Å². The second-order valence-corrected chi connectivity index (χ2v) is 5.85. The molecular formula is C19H14ClN3O4. The fourth-order valence-electron chi connectivity index (χ4n) is 2.23. The highest BCUT2D eigenvalue weighted by Gasteiger charge is 2.11. The fraction of sp³-hybridized carbons (Fsp3) is 0. The molecule has 0 aliphatic rings. The van der Waals surface area contributed by atoms with Crippen LogP contribution in [0.5, 0.6) is 11.5 Å². The van der Waals surface area contributed by atoms with Crippen LogP contribution in [0, 0.1) is 10.1 Å². The lowest BCUT2D eigenvalue weighted by Crippen LogP contribution is -2.19. The van der Waals surface area contributed by atoms with Gasteiger partial charge in [-0.15, -0.1) is 0 Å². The van der Waals surface area contributed by atoms with Gasteiger partial charge >= 0.3 is 6.03 Å². The molecule has 0 aromatic heterocycles. The molecule has 0 saturated heterocycles. The van der Waals surface area contributed by atoms with Gasteiger partial charge in [-0.25, -0.2) is 4.79 Å². The summed E-state index contributed by atoms with van der Waals surface area (Å²) in [5.41, 5.74) is 0.662. The summed E-state index contributed by atoms with van der Waals surface area (Å²) in [6.07, 6.45) is 0. The fourth-order valence-corrected chi connectivity index (χ4v) is 2.46. The second-order valence-electron chi connectivity index (χ2n) is 5.44. The first-order valence-electron chi connectivity index (χ1n) is 7.86. The molecule has 136 valence electrons. The number of hydrogen-bond acceptors (Lipinski definition) is 4. The number of nitro groups is 1. The van der Waals surface area contributed by atoms with E-state index in [1.807, 2.05) is 30.3 Å². The first-order chi connectivity index (χ1) is 13.0. The number of halogens is 1. The summed E-state index contributed by atoms with van der Waals surface area (Å²) in [6, 6.07) is 19.4. The zero-order chi connectivity index (χ0) is 19.2. The van der Waals surface area contributed by atoms with E-state index >= 15 is 0 Å². The Morgan fingerprint density at radius 2 is 1.59 bits per heavy atom. The number of para-hydroxylation sites is 1. The molecule has 2 N–H and O–H groups in total. The van der Waals surface area contributed by atoms with E-state index in [0.717, 1.165) is 0 Å². The number of benzene rings is 3. The summed E-state index contributed by atoms with van der Waals surface area (Å²) in [7, 11) is 0. The molecule has 3 rings (SSSR count). The van der Waals surface area contributed by atoms with Crippen molar-refractivity contribution in [2.45, 2.75) is 0 Å². The maximum absolute atomic E-state index is 12.1. The third-order valence-corrected chi connectivity index (χ3v) is 3.82. The average Bonchev–Trinajstić information content (AvgIpc) is 2.65. The van der Waals surface area contributed by atoms with Gasteiger partial charge in [0.25, 0.3) is 5.69 Å². The largest absolute Gasteiger partial charge is 0.457 e. The number of carbonyl (C=O) groups is 1. The predicted molar refractivity (Wildman–Crippen MR) is 104 cm³/mol. The molecule has 8 heteroatoms. The SMILES string of the molecule is O=C(Nc1ccc(Oc2ccccc2)cc1)Nc1ccc([N+](=O)[O-])cc1Cl. The first kappa shape index (κ1) is 18.2. The normalized spacial score (nSPS) is 10.1. The third kappa shape index (κ3) is 4.96. The van der Waals surface area contributed by atoms with Gasteiger partial charge in [0.05, 0.1) is 15.6 Å². The number of anilines is 2. The number of non-ortho nitro benzene ring substituents is 1. The lowest BCUT2D eigenvalue weighted by Gasteiger charge is -2.10. The number of nitrogens with one attached hydrogen (secondary N) is 2. The van der Waals surface area contributed by atoms with Crippen LogP contribution in [0.2, 0.25) is 5.02 Å². The Morgan fingerprint density at radius 1 is 0.926 bits per heavy atom. The smallest absolute Gasteiger partial charge is 0.323 e. The first-order valence-corrected chi connectivity index (χ1v) is 8.24. The zero-order valence-electron chi connectivity index (χ0n) is 13.9. The molecule has 0 spiro atoms. The standard InChI is InChI=1S/C19H14ClN3O4/c20-17-12-14(23(25)26)8-11-18(17)22-19(24)21-13-6-9-16(10-7-13)27-15-4-2-1-3-5-15/h1-12H,(H2,21,22,24). The molecule has 0 radical (unpaired) electrons. The maximum Gasteiger partial charge on any atom is 0.323 e. The summed E-state index contributed by atoms with van der Waals surface area (Å²) < 4.78 is 5.68. The quantitative estimate of drug-likeness (QED) is 0.437. The minimum atomic E-state index is -0.561.